The molecule has 0 heterocycles. The monoisotopic (exact) mass is 495 g/mol. The van der Waals surface area contributed by atoms with Gasteiger partial charge in [-0.1, -0.05) is 53.1 Å². The second-order valence-electron chi connectivity index (χ2n) is 7.14. The van der Waals surface area contributed by atoms with Gasteiger partial charge in [0.25, 0.3) is 20.0 Å². The lowest BCUT2D eigenvalue weighted by atomic mass is 10.2. The number of aryl methyl sites for hydroxylation is 3. The summed E-state index contributed by atoms with van der Waals surface area (Å²) in [6.45, 7) is 5.17. The Morgan fingerprint density at radius 3 is 1.09 bits per heavy atom. The van der Waals surface area contributed by atoms with E-state index in [1.54, 1.807) is 20.8 Å². The van der Waals surface area contributed by atoms with Crippen LogP contribution >= 0.6 is 0 Å². The summed E-state index contributed by atoms with van der Waals surface area (Å²) in [6.07, 6.45) is 0. The SMILES string of the molecule is Cc1ccc(S(=O)(=O)ON(S(=O)(=O)c2ccc(C)cc2)S(=O)(=O)c2ccc(C)cc2)cc1. The summed E-state index contributed by atoms with van der Waals surface area (Å²) in [6, 6.07) is 15.8. The van der Waals surface area contributed by atoms with Crippen molar-refractivity contribution in [1.29, 1.82) is 0 Å². The predicted molar refractivity (Wildman–Crippen MR) is 118 cm³/mol. The van der Waals surface area contributed by atoms with Crippen molar-refractivity contribution >= 4 is 30.2 Å². The highest BCUT2D eigenvalue weighted by molar-refractivity contribution is 8.04. The maximum Gasteiger partial charge on any atom is 0.314 e. The Bertz CT molecular complexity index is 1350. The van der Waals surface area contributed by atoms with Crippen molar-refractivity contribution in [2.45, 2.75) is 35.5 Å². The number of rotatable bonds is 7. The Morgan fingerprint density at radius 2 is 0.781 bits per heavy atom. The third kappa shape index (κ3) is 4.92. The van der Waals surface area contributed by atoms with Gasteiger partial charge in [-0.3, -0.25) is 0 Å². The fourth-order valence-corrected chi connectivity index (χ4v) is 7.32. The average molecular weight is 496 g/mol. The van der Waals surface area contributed by atoms with E-state index in [1.807, 2.05) is 0 Å². The van der Waals surface area contributed by atoms with Crippen LogP contribution < -0.4 is 0 Å². The molecule has 32 heavy (non-hydrogen) atoms. The molecule has 11 heteroatoms. The molecule has 0 aromatic heterocycles. The van der Waals surface area contributed by atoms with Crippen LogP contribution in [0.3, 0.4) is 0 Å². The molecule has 0 unspecified atom stereocenters. The van der Waals surface area contributed by atoms with Crippen LogP contribution in [0.1, 0.15) is 16.7 Å². The van der Waals surface area contributed by atoms with Gasteiger partial charge in [-0.25, -0.2) is 16.8 Å². The number of hydrogen-bond acceptors (Lipinski definition) is 7. The zero-order chi connectivity index (χ0) is 23.7. The van der Waals surface area contributed by atoms with Gasteiger partial charge in [-0.15, -0.1) is 4.28 Å². The van der Waals surface area contributed by atoms with Gasteiger partial charge in [0.15, 0.2) is 0 Å². The normalized spacial score (nSPS) is 12.8. The summed E-state index contributed by atoms with van der Waals surface area (Å²) in [5.41, 5.74) is 2.20. The molecule has 0 radical (unpaired) electrons. The molecule has 8 nitrogen and oxygen atoms in total. The zero-order valence-corrected chi connectivity index (χ0v) is 19.9. The molecule has 3 rings (SSSR count). The predicted octanol–water partition coefficient (Wildman–Crippen LogP) is 3.31. The summed E-state index contributed by atoms with van der Waals surface area (Å²) in [5.74, 6) is 0. The smallest absolute Gasteiger partial charge is 0.204 e. The first kappa shape index (κ1) is 24.1. The highest BCUT2D eigenvalue weighted by Crippen LogP contribution is 2.28. The van der Waals surface area contributed by atoms with Crippen LogP contribution in [0.4, 0.5) is 0 Å². The molecule has 3 aromatic carbocycles. The Balaban J connectivity index is 2.18. The van der Waals surface area contributed by atoms with E-state index >= 15 is 0 Å². The van der Waals surface area contributed by atoms with Crippen molar-refractivity contribution in [2.24, 2.45) is 0 Å². The first-order valence-electron chi connectivity index (χ1n) is 9.29. The second kappa shape index (κ2) is 8.75. The maximum atomic E-state index is 13.3. The largest absolute Gasteiger partial charge is 0.314 e. The van der Waals surface area contributed by atoms with E-state index in [1.165, 1.54) is 72.8 Å². The highest BCUT2D eigenvalue weighted by Gasteiger charge is 2.42. The van der Waals surface area contributed by atoms with Crippen molar-refractivity contribution in [3.8, 4) is 0 Å². The Labute approximate surface area is 188 Å². The molecule has 0 N–H and O–H groups in total. The highest BCUT2D eigenvalue weighted by atomic mass is 32.3. The topological polar surface area (TPSA) is 115 Å². The van der Waals surface area contributed by atoms with Gasteiger partial charge in [-0.2, -0.15) is 8.42 Å². The Kier molecular flexibility index (Phi) is 6.59. The molecule has 3 aromatic rings. The molecule has 0 aliphatic rings. The molecule has 170 valence electrons. The van der Waals surface area contributed by atoms with E-state index in [2.05, 4.69) is 0 Å². The van der Waals surface area contributed by atoms with Crippen LogP contribution in [0.5, 0.6) is 0 Å². The molecule has 0 spiro atoms. The van der Waals surface area contributed by atoms with Crippen molar-refractivity contribution in [2.75, 3.05) is 0 Å². The van der Waals surface area contributed by atoms with Crippen LogP contribution in [-0.4, -0.2) is 29.1 Å². The minimum atomic E-state index is -4.94. The first-order chi connectivity index (χ1) is 14.8. The van der Waals surface area contributed by atoms with E-state index in [9.17, 15) is 25.3 Å². The number of benzene rings is 3. The summed E-state index contributed by atoms with van der Waals surface area (Å²) in [5, 5.41) is 0. The Hall–Kier alpha value is -2.57. The van der Waals surface area contributed by atoms with E-state index in [-0.39, 0.29) is 0 Å². The van der Waals surface area contributed by atoms with Gasteiger partial charge < -0.3 is 0 Å². The quantitative estimate of drug-likeness (QED) is 0.462. The first-order valence-corrected chi connectivity index (χ1v) is 13.6. The molecular formula is C21H21NO7S3. The van der Waals surface area contributed by atoms with Crippen molar-refractivity contribution in [1.82, 2.24) is 3.87 Å². The molecule has 0 fully saturated rings. The number of sulfonamides is 2. The van der Waals surface area contributed by atoms with E-state index in [0.717, 1.165) is 16.7 Å². The maximum absolute atomic E-state index is 13.3. The standard InChI is InChI=1S/C21H21NO7S3/c1-16-4-10-19(11-5-16)30(23,24)22(31(25,26)20-12-6-17(2)7-13-20)29-32(27,28)21-14-8-18(3)9-15-21/h4-15H,1-3H3. The minimum Gasteiger partial charge on any atom is -0.204 e. The molecular weight excluding hydrogens is 474 g/mol. The molecule has 0 saturated carbocycles. The molecule has 0 aliphatic heterocycles. The van der Waals surface area contributed by atoms with Crippen LogP contribution in [-0.2, 0) is 34.4 Å². The van der Waals surface area contributed by atoms with Crippen molar-refractivity contribution in [3.63, 3.8) is 0 Å². The van der Waals surface area contributed by atoms with Gasteiger partial charge in [0.05, 0.1) is 18.6 Å². The fraction of sp³-hybridized carbons (Fsp3) is 0.143. The lowest BCUT2D eigenvalue weighted by Crippen LogP contribution is -2.38. The summed E-state index contributed by atoms with van der Waals surface area (Å²) in [4.78, 5) is -1.29. The van der Waals surface area contributed by atoms with Gasteiger partial charge in [0.1, 0.15) is 0 Å². The third-order valence-corrected chi connectivity index (χ3v) is 9.73. The van der Waals surface area contributed by atoms with Crippen LogP contribution in [0.2, 0.25) is 0 Å². The van der Waals surface area contributed by atoms with Crippen LogP contribution in [0.25, 0.3) is 0 Å². The van der Waals surface area contributed by atoms with Crippen molar-refractivity contribution < 1.29 is 29.5 Å². The number of hydrogen-bond donors (Lipinski definition) is 0. The summed E-state index contributed by atoms with van der Waals surface area (Å²) < 4.78 is 83.0. The summed E-state index contributed by atoms with van der Waals surface area (Å²) in [7, 11) is -14.7. The molecule has 0 aliphatic carbocycles. The van der Waals surface area contributed by atoms with Gasteiger partial charge in [-0.05, 0) is 57.2 Å². The van der Waals surface area contributed by atoms with Crippen LogP contribution in [0.15, 0.2) is 87.5 Å². The Morgan fingerprint density at radius 1 is 0.500 bits per heavy atom. The van der Waals surface area contributed by atoms with E-state index < -0.39 is 48.7 Å². The van der Waals surface area contributed by atoms with Gasteiger partial charge in [0.2, 0.25) is 0 Å². The van der Waals surface area contributed by atoms with E-state index in [0.29, 0.717) is 0 Å². The average Bonchev–Trinajstić information content (AvgIpc) is 2.73. The third-order valence-electron chi connectivity index (χ3n) is 4.50. The molecule has 0 atom stereocenters. The fourth-order valence-electron chi connectivity index (χ4n) is 2.63. The van der Waals surface area contributed by atoms with Crippen molar-refractivity contribution in [3.05, 3.63) is 89.5 Å². The van der Waals surface area contributed by atoms with Crippen LogP contribution in [0, 0.1) is 20.8 Å². The lowest BCUT2D eigenvalue weighted by molar-refractivity contribution is 0.135. The zero-order valence-electron chi connectivity index (χ0n) is 17.5. The summed E-state index contributed by atoms with van der Waals surface area (Å²) >= 11 is 0. The second-order valence-corrected chi connectivity index (χ2v) is 12.4. The minimum absolute atomic E-state index is 0.397. The number of nitrogens with zero attached hydrogens (tertiary/aromatic N) is 1. The molecule has 0 amide bonds. The van der Waals surface area contributed by atoms with Gasteiger partial charge >= 0.3 is 10.1 Å². The molecule has 0 saturated heterocycles. The lowest BCUT2D eigenvalue weighted by Gasteiger charge is -2.21. The van der Waals surface area contributed by atoms with Gasteiger partial charge in [0, 0.05) is 0 Å². The molecule has 0 bridgehead atoms. The van der Waals surface area contributed by atoms with E-state index in [4.69, 9.17) is 4.28 Å².